The van der Waals surface area contributed by atoms with Crippen LogP contribution in [0.2, 0.25) is 0 Å². The highest BCUT2D eigenvalue weighted by Crippen LogP contribution is 2.15. The van der Waals surface area contributed by atoms with Crippen LogP contribution in [0.1, 0.15) is 35.2 Å². The largest absolute Gasteiger partial charge is 0.475 e. The van der Waals surface area contributed by atoms with E-state index in [-0.39, 0.29) is 5.76 Å². The number of rotatable bonds is 6. The fraction of sp³-hybridized carbons (Fsp3) is 0.417. The molecule has 1 aromatic rings. The van der Waals surface area contributed by atoms with Crippen LogP contribution in [-0.4, -0.2) is 17.7 Å². The van der Waals surface area contributed by atoms with Crippen LogP contribution in [0.15, 0.2) is 22.6 Å². The van der Waals surface area contributed by atoms with E-state index in [0.717, 1.165) is 12.0 Å². The van der Waals surface area contributed by atoms with Crippen molar-refractivity contribution in [1.29, 1.82) is 0 Å². The average Bonchev–Trinajstić information content (AvgIpc) is 2.54. The Bertz CT molecular complexity index is 390. The summed E-state index contributed by atoms with van der Waals surface area (Å²) in [4.78, 5) is 10.7. The third kappa shape index (κ3) is 3.55. The Kier molecular flexibility index (Phi) is 4.31. The topological polar surface area (TPSA) is 59.7 Å². The first-order valence-electron chi connectivity index (χ1n) is 5.05. The first-order valence-corrected chi connectivity index (χ1v) is 5.05. The molecule has 0 fully saturated rings. The molecule has 0 aromatic carbocycles. The molecule has 1 aromatic heterocycles. The molecule has 1 rings (SSSR count). The second-order valence-electron chi connectivity index (χ2n) is 3.79. The van der Waals surface area contributed by atoms with Crippen LogP contribution in [0, 0.1) is 6.92 Å². The molecule has 0 unspecified atom stereocenters. The summed E-state index contributed by atoms with van der Waals surface area (Å²) in [5.41, 5.74) is 1.67. The second-order valence-corrected chi connectivity index (χ2v) is 3.79. The number of carbonyl (C=O) groups is 1. The fourth-order valence-corrected chi connectivity index (χ4v) is 1.25. The van der Waals surface area contributed by atoms with Gasteiger partial charge in [0, 0.05) is 5.56 Å². The van der Waals surface area contributed by atoms with Crippen LogP contribution in [0.5, 0.6) is 0 Å². The Labute approximate surface area is 94.5 Å². The van der Waals surface area contributed by atoms with Gasteiger partial charge in [-0.3, -0.25) is 0 Å². The van der Waals surface area contributed by atoms with Gasteiger partial charge in [-0.2, -0.15) is 0 Å². The molecule has 1 N–H and O–H groups in total. The molecule has 0 bridgehead atoms. The maximum absolute atomic E-state index is 10.7. The maximum atomic E-state index is 10.7. The smallest absolute Gasteiger partial charge is 0.372 e. The molecule has 16 heavy (non-hydrogen) atoms. The molecule has 1 heterocycles. The second kappa shape index (κ2) is 5.51. The van der Waals surface area contributed by atoms with E-state index in [1.54, 1.807) is 13.0 Å². The lowest BCUT2D eigenvalue weighted by Gasteiger charge is -2.01. The van der Waals surface area contributed by atoms with E-state index >= 15 is 0 Å². The number of aryl methyl sites for hydroxylation is 1. The molecule has 0 saturated heterocycles. The molecule has 0 atom stereocenters. The van der Waals surface area contributed by atoms with Gasteiger partial charge in [-0.1, -0.05) is 5.57 Å². The van der Waals surface area contributed by atoms with Crippen LogP contribution in [-0.2, 0) is 11.3 Å². The quantitative estimate of drug-likeness (QED) is 0.596. The van der Waals surface area contributed by atoms with Crippen molar-refractivity contribution in [3.05, 3.63) is 35.3 Å². The van der Waals surface area contributed by atoms with E-state index in [2.05, 4.69) is 6.58 Å². The zero-order chi connectivity index (χ0) is 12.1. The van der Waals surface area contributed by atoms with Crippen LogP contribution >= 0.6 is 0 Å². The molecule has 0 spiro atoms. The maximum Gasteiger partial charge on any atom is 0.372 e. The zero-order valence-corrected chi connectivity index (χ0v) is 9.58. The van der Waals surface area contributed by atoms with Crippen LogP contribution in [0.3, 0.4) is 0 Å². The van der Waals surface area contributed by atoms with E-state index in [9.17, 15) is 4.79 Å². The van der Waals surface area contributed by atoms with E-state index in [1.165, 1.54) is 0 Å². The summed E-state index contributed by atoms with van der Waals surface area (Å²) in [5.74, 6) is -0.527. The predicted octanol–water partition coefficient (Wildman–Crippen LogP) is 2.77. The Morgan fingerprint density at radius 3 is 2.81 bits per heavy atom. The molecule has 0 saturated carbocycles. The van der Waals surface area contributed by atoms with Gasteiger partial charge in [0.25, 0.3) is 0 Å². The van der Waals surface area contributed by atoms with Crippen LogP contribution in [0.4, 0.5) is 0 Å². The van der Waals surface area contributed by atoms with Gasteiger partial charge in [-0.25, -0.2) is 4.79 Å². The van der Waals surface area contributed by atoms with Crippen molar-refractivity contribution in [2.75, 3.05) is 6.61 Å². The van der Waals surface area contributed by atoms with Crippen molar-refractivity contribution in [3.63, 3.8) is 0 Å². The molecular formula is C12H16O4. The number of carboxylic acid groups (broad SMARTS) is 1. The summed E-state index contributed by atoms with van der Waals surface area (Å²) in [6.45, 7) is 8.25. The van der Waals surface area contributed by atoms with Gasteiger partial charge in [0.15, 0.2) is 0 Å². The van der Waals surface area contributed by atoms with Gasteiger partial charge >= 0.3 is 5.97 Å². The zero-order valence-electron chi connectivity index (χ0n) is 9.58. The third-order valence-corrected chi connectivity index (χ3v) is 2.08. The molecule has 0 aliphatic heterocycles. The molecule has 0 aliphatic carbocycles. The highest BCUT2D eigenvalue weighted by atomic mass is 16.5. The molecule has 0 amide bonds. The van der Waals surface area contributed by atoms with Crippen LogP contribution < -0.4 is 0 Å². The Hall–Kier alpha value is -1.55. The van der Waals surface area contributed by atoms with Crippen molar-refractivity contribution in [2.45, 2.75) is 26.9 Å². The molecular weight excluding hydrogens is 208 g/mol. The van der Waals surface area contributed by atoms with E-state index < -0.39 is 5.97 Å². The van der Waals surface area contributed by atoms with Crippen molar-refractivity contribution in [2.24, 2.45) is 0 Å². The molecule has 0 radical (unpaired) electrons. The molecule has 4 heteroatoms. The first-order chi connectivity index (χ1) is 7.50. The van der Waals surface area contributed by atoms with Gasteiger partial charge in [-0.05, 0) is 26.3 Å². The molecule has 4 nitrogen and oxygen atoms in total. The fourth-order valence-electron chi connectivity index (χ4n) is 1.25. The minimum Gasteiger partial charge on any atom is -0.475 e. The normalized spacial score (nSPS) is 10.4. The number of hydrogen-bond donors (Lipinski definition) is 1. The van der Waals surface area contributed by atoms with E-state index in [4.69, 9.17) is 14.3 Å². The number of furan rings is 1. The number of carboxylic acids is 1. The third-order valence-electron chi connectivity index (χ3n) is 2.08. The lowest BCUT2D eigenvalue weighted by molar-refractivity contribution is 0.0647. The average molecular weight is 224 g/mol. The monoisotopic (exact) mass is 224 g/mol. The molecule has 88 valence electrons. The van der Waals surface area contributed by atoms with Gasteiger partial charge in [0.1, 0.15) is 12.4 Å². The number of ether oxygens (including phenoxy) is 1. The predicted molar refractivity (Wildman–Crippen MR) is 59.5 cm³/mol. The summed E-state index contributed by atoms with van der Waals surface area (Å²) in [6, 6.07) is 1.68. The van der Waals surface area contributed by atoms with Gasteiger partial charge in [-0.15, -0.1) is 6.58 Å². The van der Waals surface area contributed by atoms with Crippen LogP contribution in [0.25, 0.3) is 0 Å². The highest BCUT2D eigenvalue weighted by molar-refractivity contribution is 5.86. The Morgan fingerprint density at radius 2 is 2.31 bits per heavy atom. The SMILES string of the molecule is C=C(C)CCOCc1cc(C)c(C(=O)O)o1. The summed E-state index contributed by atoms with van der Waals surface area (Å²) in [5, 5.41) is 8.78. The molecule has 0 aliphatic rings. The summed E-state index contributed by atoms with van der Waals surface area (Å²) < 4.78 is 10.5. The first kappa shape index (κ1) is 12.5. The lowest BCUT2D eigenvalue weighted by Crippen LogP contribution is -1.96. The van der Waals surface area contributed by atoms with Gasteiger partial charge in [0.05, 0.1) is 6.61 Å². The van der Waals surface area contributed by atoms with E-state index in [0.29, 0.717) is 24.5 Å². The van der Waals surface area contributed by atoms with E-state index in [1.807, 2.05) is 6.92 Å². The van der Waals surface area contributed by atoms with Crippen molar-refractivity contribution in [1.82, 2.24) is 0 Å². The van der Waals surface area contributed by atoms with Crippen molar-refractivity contribution >= 4 is 5.97 Å². The Balaban J connectivity index is 2.46. The summed E-state index contributed by atoms with van der Waals surface area (Å²) in [6.07, 6.45) is 0.797. The van der Waals surface area contributed by atoms with Gasteiger partial charge in [0.2, 0.25) is 5.76 Å². The minimum absolute atomic E-state index is 0.0153. The standard InChI is InChI=1S/C12H16O4/c1-8(2)4-5-15-7-10-6-9(3)11(16-10)12(13)14/h6H,1,4-5,7H2,2-3H3,(H,13,14). The van der Waals surface area contributed by atoms with Crippen molar-refractivity contribution in [3.8, 4) is 0 Å². The van der Waals surface area contributed by atoms with Gasteiger partial charge < -0.3 is 14.3 Å². The summed E-state index contributed by atoms with van der Waals surface area (Å²) >= 11 is 0. The summed E-state index contributed by atoms with van der Waals surface area (Å²) in [7, 11) is 0. The number of hydrogen-bond acceptors (Lipinski definition) is 3. The number of aromatic carboxylic acids is 1. The van der Waals surface area contributed by atoms with Crippen molar-refractivity contribution < 1.29 is 19.1 Å². The highest BCUT2D eigenvalue weighted by Gasteiger charge is 2.13. The Morgan fingerprint density at radius 1 is 1.62 bits per heavy atom. The minimum atomic E-state index is -1.05. The lowest BCUT2D eigenvalue weighted by atomic mass is 10.2.